The van der Waals surface area contributed by atoms with Crippen LogP contribution in [0.1, 0.15) is 69.2 Å². The summed E-state index contributed by atoms with van der Waals surface area (Å²) in [5.41, 5.74) is 9.04. The fraction of sp³-hybridized carbons (Fsp3) is 0.379. The van der Waals surface area contributed by atoms with Crippen LogP contribution in [0.15, 0.2) is 65.8 Å². The Hall–Kier alpha value is -2.94. The summed E-state index contributed by atoms with van der Waals surface area (Å²) < 4.78 is 0. The Morgan fingerprint density at radius 3 is 2.28 bits per heavy atom. The summed E-state index contributed by atoms with van der Waals surface area (Å²) in [7, 11) is 0. The van der Waals surface area contributed by atoms with Crippen LogP contribution in [0, 0.1) is 5.92 Å². The first kappa shape index (κ1) is 20.9. The van der Waals surface area contributed by atoms with Crippen molar-refractivity contribution < 1.29 is 5.21 Å². The molecule has 2 aliphatic rings. The van der Waals surface area contributed by atoms with Gasteiger partial charge in [-0.05, 0) is 67.1 Å². The normalized spacial score (nSPS) is 18.4. The van der Waals surface area contributed by atoms with E-state index in [1.54, 1.807) is 0 Å². The molecule has 0 spiro atoms. The molecule has 1 aromatic heterocycles. The first-order chi connectivity index (χ1) is 15.6. The predicted octanol–water partition coefficient (Wildman–Crippen LogP) is 7.40. The van der Waals surface area contributed by atoms with Gasteiger partial charge in [-0.25, -0.2) is 0 Å². The molecule has 5 rings (SSSR count). The minimum Gasteiger partial charge on any atom is -0.411 e. The maximum Gasteiger partial charge on any atom is 0.0886 e. The van der Waals surface area contributed by atoms with Crippen LogP contribution in [0.4, 0.5) is 0 Å². The number of benzene rings is 2. The number of oxime groups is 1. The van der Waals surface area contributed by atoms with Crippen molar-refractivity contribution in [3.63, 3.8) is 0 Å². The maximum absolute atomic E-state index is 9.54. The van der Waals surface area contributed by atoms with Crippen LogP contribution in [0.3, 0.4) is 0 Å². The van der Waals surface area contributed by atoms with Gasteiger partial charge in [0.25, 0.3) is 0 Å². The molecule has 0 bridgehead atoms. The van der Waals surface area contributed by atoms with Crippen LogP contribution < -0.4 is 0 Å². The van der Waals surface area contributed by atoms with Crippen LogP contribution in [-0.2, 0) is 11.8 Å². The second-order valence-electron chi connectivity index (χ2n) is 9.95. The molecule has 0 atom stereocenters. The van der Waals surface area contributed by atoms with Crippen LogP contribution in [0.25, 0.3) is 22.4 Å². The molecule has 3 heteroatoms. The molecule has 164 valence electrons. The standard InChI is InChI=1S/C29H32N2O/c1-20(2)19-29(16-7-17-29)23-14-12-22(13-15-23)28-24(21-8-4-3-5-9-21)18-25-26(30-28)10-6-11-27(25)31-32/h3-5,8-9,12-15,18,20,32H,6-7,10-11,16-17,19H2,1-2H3. The van der Waals surface area contributed by atoms with E-state index in [-0.39, 0.29) is 0 Å². The molecule has 1 fully saturated rings. The Kier molecular flexibility index (Phi) is 5.58. The number of aryl methyl sites for hydroxylation is 1. The number of fused-ring (bicyclic) bond motifs is 1. The van der Waals surface area contributed by atoms with Crippen LogP contribution in [0.5, 0.6) is 0 Å². The zero-order chi connectivity index (χ0) is 22.1. The first-order valence-electron chi connectivity index (χ1n) is 12.0. The summed E-state index contributed by atoms with van der Waals surface area (Å²) in [4.78, 5) is 5.14. The van der Waals surface area contributed by atoms with Gasteiger partial charge in [0, 0.05) is 16.7 Å². The highest BCUT2D eigenvalue weighted by Crippen LogP contribution is 2.48. The molecule has 0 saturated heterocycles. The van der Waals surface area contributed by atoms with Crippen molar-refractivity contribution in [2.45, 2.75) is 64.2 Å². The summed E-state index contributed by atoms with van der Waals surface area (Å²) in [6.45, 7) is 4.67. The Labute approximate surface area is 191 Å². The van der Waals surface area contributed by atoms with E-state index in [1.165, 1.54) is 31.2 Å². The molecule has 0 radical (unpaired) electrons. The van der Waals surface area contributed by atoms with Crippen LogP contribution in [-0.4, -0.2) is 15.9 Å². The van der Waals surface area contributed by atoms with E-state index in [9.17, 15) is 5.21 Å². The zero-order valence-electron chi connectivity index (χ0n) is 19.1. The van der Waals surface area contributed by atoms with E-state index in [0.29, 0.717) is 11.3 Å². The molecule has 32 heavy (non-hydrogen) atoms. The van der Waals surface area contributed by atoms with Crippen molar-refractivity contribution in [2.24, 2.45) is 11.1 Å². The van der Waals surface area contributed by atoms with Gasteiger partial charge in [-0.1, -0.05) is 80.0 Å². The molecule has 2 aromatic carbocycles. The van der Waals surface area contributed by atoms with Gasteiger partial charge in [0.2, 0.25) is 0 Å². The van der Waals surface area contributed by atoms with Gasteiger partial charge in [0.1, 0.15) is 0 Å². The monoisotopic (exact) mass is 424 g/mol. The van der Waals surface area contributed by atoms with Crippen LogP contribution >= 0.6 is 0 Å². The molecule has 0 amide bonds. The molecule has 3 aromatic rings. The smallest absolute Gasteiger partial charge is 0.0886 e. The highest BCUT2D eigenvalue weighted by molar-refractivity contribution is 6.03. The predicted molar refractivity (Wildman–Crippen MR) is 131 cm³/mol. The topological polar surface area (TPSA) is 45.5 Å². The second-order valence-corrected chi connectivity index (χ2v) is 9.95. The lowest BCUT2D eigenvalue weighted by atomic mass is 9.61. The van der Waals surface area contributed by atoms with E-state index in [0.717, 1.165) is 58.6 Å². The van der Waals surface area contributed by atoms with E-state index < -0.39 is 0 Å². The number of pyridine rings is 1. The molecular formula is C29H32N2O. The van der Waals surface area contributed by atoms with Crippen molar-refractivity contribution in [1.29, 1.82) is 0 Å². The second kappa shape index (κ2) is 8.54. The molecule has 0 aliphatic heterocycles. The highest BCUT2D eigenvalue weighted by Gasteiger charge is 2.38. The zero-order valence-corrected chi connectivity index (χ0v) is 19.1. The third kappa shape index (κ3) is 3.74. The quantitative estimate of drug-likeness (QED) is 0.343. The Morgan fingerprint density at radius 2 is 1.66 bits per heavy atom. The van der Waals surface area contributed by atoms with Crippen molar-refractivity contribution in [3.8, 4) is 22.4 Å². The Morgan fingerprint density at radius 1 is 0.906 bits per heavy atom. The largest absolute Gasteiger partial charge is 0.411 e. The molecule has 1 saturated carbocycles. The van der Waals surface area contributed by atoms with E-state index in [2.05, 4.69) is 73.6 Å². The van der Waals surface area contributed by atoms with Crippen molar-refractivity contribution in [3.05, 3.63) is 77.5 Å². The lowest BCUT2D eigenvalue weighted by Crippen LogP contribution is -2.35. The number of aromatic nitrogens is 1. The van der Waals surface area contributed by atoms with Crippen molar-refractivity contribution in [2.75, 3.05) is 0 Å². The average molecular weight is 425 g/mol. The summed E-state index contributed by atoms with van der Waals surface area (Å²) in [5.74, 6) is 0.712. The fourth-order valence-electron chi connectivity index (χ4n) is 5.69. The number of hydrogen-bond acceptors (Lipinski definition) is 3. The van der Waals surface area contributed by atoms with Gasteiger partial charge < -0.3 is 5.21 Å². The SMILES string of the molecule is CC(C)CC1(c2ccc(-c3nc4c(cc3-c3ccccc3)C(=NO)CCC4)cc2)CCC1. The number of nitrogens with zero attached hydrogens (tertiary/aromatic N) is 2. The lowest BCUT2D eigenvalue weighted by Gasteiger charge is -2.44. The van der Waals surface area contributed by atoms with Gasteiger partial charge in [0.05, 0.1) is 17.1 Å². The number of rotatable bonds is 5. The molecular weight excluding hydrogens is 392 g/mol. The van der Waals surface area contributed by atoms with Gasteiger partial charge >= 0.3 is 0 Å². The average Bonchev–Trinajstić information content (AvgIpc) is 2.80. The molecule has 0 unspecified atom stereocenters. The first-order valence-corrected chi connectivity index (χ1v) is 12.0. The minimum atomic E-state index is 0.366. The Bertz CT molecular complexity index is 1130. The summed E-state index contributed by atoms with van der Waals surface area (Å²) in [5, 5.41) is 13.1. The lowest BCUT2D eigenvalue weighted by molar-refractivity contribution is 0.200. The van der Waals surface area contributed by atoms with Gasteiger partial charge in [0.15, 0.2) is 0 Å². The van der Waals surface area contributed by atoms with Gasteiger partial charge in [-0.2, -0.15) is 0 Å². The number of hydrogen-bond donors (Lipinski definition) is 1. The van der Waals surface area contributed by atoms with E-state index in [1.807, 2.05) is 6.07 Å². The molecule has 3 nitrogen and oxygen atoms in total. The molecule has 1 N–H and O–H groups in total. The minimum absolute atomic E-state index is 0.366. The molecule has 2 aliphatic carbocycles. The van der Waals surface area contributed by atoms with Crippen molar-refractivity contribution in [1.82, 2.24) is 4.98 Å². The summed E-state index contributed by atoms with van der Waals surface area (Å²) in [6, 6.07) is 21.8. The van der Waals surface area contributed by atoms with Gasteiger partial charge in [-0.3, -0.25) is 4.98 Å². The highest BCUT2D eigenvalue weighted by atomic mass is 16.4. The van der Waals surface area contributed by atoms with E-state index in [4.69, 9.17) is 4.98 Å². The molecule has 1 heterocycles. The van der Waals surface area contributed by atoms with Crippen LogP contribution in [0.2, 0.25) is 0 Å². The Balaban J connectivity index is 1.60. The van der Waals surface area contributed by atoms with Gasteiger partial charge in [-0.15, -0.1) is 0 Å². The summed E-state index contributed by atoms with van der Waals surface area (Å²) in [6.07, 6.45) is 7.91. The third-order valence-corrected chi connectivity index (χ3v) is 7.33. The third-order valence-electron chi connectivity index (χ3n) is 7.33. The summed E-state index contributed by atoms with van der Waals surface area (Å²) >= 11 is 0. The van der Waals surface area contributed by atoms with E-state index >= 15 is 0 Å². The maximum atomic E-state index is 9.54. The van der Waals surface area contributed by atoms with Crippen molar-refractivity contribution >= 4 is 5.71 Å². The fourth-order valence-corrected chi connectivity index (χ4v) is 5.69.